The maximum Gasteiger partial charge on any atom is 0.269 e. The maximum atomic E-state index is 10.9. The van der Waals surface area contributed by atoms with Crippen LogP contribution in [0.4, 0.5) is 5.69 Å². The summed E-state index contributed by atoms with van der Waals surface area (Å²) in [7, 11) is 0. The molecule has 1 heterocycles. The molecule has 1 aromatic rings. The van der Waals surface area contributed by atoms with Gasteiger partial charge in [-0.3, -0.25) is 15.0 Å². The van der Waals surface area contributed by atoms with Crippen LogP contribution in [0.2, 0.25) is 5.02 Å². The van der Waals surface area contributed by atoms with Crippen molar-refractivity contribution >= 4 is 17.3 Å². The topological polar surface area (TPSA) is 58.4 Å². The van der Waals surface area contributed by atoms with Gasteiger partial charge in [0.1, 0.15) is 0 Å². The van der Waals surface area contributed by atoms with Gasteiger partial charge in [0.2, 0.25) is 0 Å². The lowest BCUT2D eigenvalue weighted by Gasteiger charge is -2.33. The van der Waals surface area contributed by atoms with E-state index in [9.17, 15) is 10.1 Å². The van der Waals surface area contributed by atoms with Crippen LogP contribution >= 0.6 is 11.6 Å². The normalized spacial score (nSPS) is 17.9. The Kier molecular flexibility index (Phi) is 4.52. The van der Waals surface area contributed by atoms with Gasteiger partial charge in [0.25, 0.3) is 5.69 Å². The molecule has 0 bridgehead atoms. The van der Waals surface area contributed by atoms with Crippen LogP contribution in [0.1, 0.15) is 11.6 Å². The molecule has 0 saturated carbocycles. The Bertz CT molecular complexity index is 487. The first-order chi connectivity index (χ1) is 9.13. The van der Waals surface area contributed by atoms with Gasteiger partial charge >= 0.3 is 0 Å². The Labute approximate surface area is 117 Å². The number of piperazine rings is 1. The Morgan fingerprint density at radius 2 is 2.16 bits per heavy atom. The molecule has 1 aliphatic rings. The predicted octanol–water partition coefficient (Wildman–Crippen LogP) is 2.38. The number of hydrogen-bond donors (Lipinski definition) is 1. The van der Waals surface area contributed by atoms with Gasteiger partial charge in [0, 0.05) is 43.3 Å². The molecule has 0 spiro atoms. The SMILES string of the molecule is C=C[C@H](c1cc([N+](=O)[O-])ccc1Cl)N1CCNCC1. The monoisotopic (exact) mass is 281 g/mol. The van der Waals surface area contributed by atoms with Crippen LogP contribution in [0, 0.1) is 10.1 Å². The van der Waals surface area contributed by atoms with Crippen LogP contribution in [0.5, 0.6) is 0 Å². The largest absolute Gasteiger partial charge is 0.314 e. The lowest BCUT2D eigenvalue weighted by molar-refractivity contribution is -0.384. The van der Waals surface area contributed by atoms with Gasteiger partial charge in [0.15, 0.2) is 0 Å². The number of nitrogens with one attached hydrogen (secondary N) is 1. The maximum absolute atomic E-state index is 10.9. The lowest BCUT2D eigenvalue weighted by Crippen LogP contribution is -2.44. The summed E-state index contributed by atoms with van der Waals surface area (Å²) in [5.74, 6) is 0. The highest BCUT2D eigenvalue weighted by atomic mass is 35.5. The van der Waals surface area contributed by atoms with E-state index < -0.39 is 4.92 Å². The summed E-state index contributed by atoms with van der Waals surface area (Å²) in [5, 5.41) is 14.7. The summed E-state index contributed by atoms with van der Waals surface area (Å²) in [4.78, 5) is 12.7. The highest BCUT2D eigenvalue weighted by molar-refractivity contribution is 6.31. The Balaban J connectivity index is 2.33. The molecule has 1 N–H and O–H groups in total. The predicted molar refractivity (Wildman–Crippen MR) is 75.5 cm³/mol. The summed E-state index contributed by atoms with van der Waals surface area (Å²) in [6.07, 6.45) is 1.79. The number of rotatable bonds is 4. The van der Waals surface area contributed by atoms with Crippen LogP contribution in [0.25, 0.3) is 0 Å². The number of nitro benzene ring substituents is 1. The summed E-state index contributed by atoms with van der Waals surface area (Å²) >= 11 is 6.18. The summed E-state index contributed by atoms with van der Waals surface area (Å²) in [5.41, 5.74) is 0.800. The van der Waals surface area contributed by atoms with E-state index in [2.05, 4.69) is 16.8 Å². The van der Waals surface area contributed by atoms with Gasteiger partial charge in [0.05, 0.1) is 11.0 Å². The van der Waals surface area contributed by atoms with Crippen LogP contribution in [0.3, 0.4) is 0 Å². The second-order valence-corrected chi connectivity index (χ2v) is 4.84. The second-order valence-electron chi connectivity index (χ2n) is 4.43. The van der Waals surface area contributed by atoms with E-state index in [0.29, 0.717) is 5.02 Å². The molecule has 19 heavy (non-hydrogen) atoms. The first-order valence-corrected chi connectivity index (χ1v) is 6.52. The van der Waals surface area contributed by atoms with Crippen LogP contribution in [0.15, 0.2) is 30.9 Å². The molecule has 0 radical (unpaired) electrons. The Morgan fingerprint density at radius 3 is 2.74 bits per heavy atom. The highest BCUT2D eigenvalue weighted by Gasteiger charge is 2.23. The van der Waals surface area contributed by atoms with Crippen molar-refractivity contribution in [2.24, 2.45) is 0 Å². The van der Waals surface area contributed by atoms with Gasteiger partial charge in [-0.25, -0.2) is 0 Å². The number of benzene rings is 1. The van der Waals surface area contributed by atoms with Gasteiger partial charge in [-0.1, -0.05) is 17.7 Å². The number of hydrogen-bond acceptors (Lipinski definition) is 4. The zero-order valence-electron chi connectivity index (χ0n) is 10.5. The smallest absolute Gasteiger partial charge is 0.269 e. The fraction of sp³-hybridized carbons (Fsp3) is 0.385. The van der Waals surface area contributed by atoms with Crippen molar-refractivity contribution < 1.29 is 4.92 Å². The molecule has 102 valence electrons. The van der Waals surface area contributed by atoms with Crippen molar-refractivity contribution in [3.63, 3.8) is 0 Å². The molecule has 0 amide bonds. The second kappa shape index (κ2) is 6.14. The number of halogens is 1. The fourth-order valence-corrected chi connectivity index (χ4v) is 2.53. The van der Waals surface area contributed by atoms with E-state index in [1.807, 2.05) is 0 Å². The molecule has 5 nitrogen and oxygen atoms in total. The lowest BCUT2D eigenvalue weighted by atomic mass is 10.0. The van der Waals surface area contributed by atoms with Crippen molar-refractivity contribution in [2.75, 3.05) is 26.2 Å². The number of nitrogens with zero attached hydrogens (tertiary/aromatic N) is 2. The number of non-ortho nitro benzene ring substituents is 1. The molecule has 0 aromatic heterocycles. The van der Waals surface area contributed by atoms with Crippen molar-refractivity contribution in [1.82, 2.24) is 10.2 Å². The van der Waals surface area contributed by atoms with Gasteiger partial charge in [-0.05, 0) is 11.6 Å². The first kappa shape index (κ1) is 14.0. The van der Waals surface area contributed by atoms with E-state index in [1.165, 1.54) is 12.1 Å². The third-order valence-electron chi connectivity index (χ3n) is 3.28. The zero-order valence-corrected chi connectivity index (χ0v) is 11.3. The quantitative estimate of drug-likeness (QED) is 0.523. The minimum atomic E-state index is -0.405. The van der Waals surface area contributed by atoms with Crippen molar-refractivity contribution in [3.8, 4) is 0 Å². The minimum Gasteiger partial charge on any atom is -0.314 e. The molecular formula is C13H16ClN3O2. The van der Waals surface area contributed by atoms with E-state index in [-0.39, 0.29) is 11.7 Å². The van der Waals surface area contributed by atoms with Crippen molar-refractivity contribution in [2.45, 2.75) is 6.04 Å². The molecule has 2 rings (SSSR count). The minimum absolute atomic E-state index is 0.0568. The fourth-order valence-electron chi connectivity index (χ4n) is 2.30. The van der Waals surface area contributed by atoms with Crippen LogP contribution < -0.4 is 5.32 Å². The average Bonchev–Trinajstić information content (AvgIpc) is 2.42. The van der Waals surface area contributed by atoms with Gasteiger partial charge in [-0.2, -0.15) is 0 Å². The van der Waals surface area contributed by atoms with E-state index in [1.54, 1.807) is 12.1 Å². The highest BCUT2D eigenvalue weighted by Crippen LogP contribution is 2.31. The molecule has 1 saturated heterocycles. The third kappa shape index (κ3) is 3.12. The molecule has 1 aromatic carbocycles. The van der Waals surface area contributed by atoms with E-state index >= 15 is 0 Å². The average molecular weight is 282 g/mol. The van der Waals surface area contributed by atoms with Crippen molar-refractivity contribution in [1.29, 1.82) is 0 Å². The molecule has 1 atom stereocenters. The first-order valence-electron chi connectivity index (χ1n) is 6.14. The van der Waals surface area contributed by atoms with Crippen LogP contribution in [-0.4, -0.2) is 36.0 Å². The van der Waals surface area contributed by atoms with E-state index in [4.69, 9.17) is 11.6 Å². The summed E-state index contributed by atoms with van der Waals surface area (Å²) in [6, 6.07) is 4.45. The van der Waals surface area contributed by atoms with Crippen molar-refractivity contribution in [3.05, 3.63) is 51.6 Å². The van der Waals surface area contributed by atoms with Gasteiger partial charge < -0.3 is 5.32 Å². The Morgan fingerprint density at radius 1 is 1.47 bits per heavy atom. The molecular weight excluding hydrogens is 266 g/mol. The third-order valence-corrected chi connectivity index (χ3v) is 3.62. The Hall–Kier alpha value is -1.43. The standard InChI is InChI=1S/C13H16ClN3O2/c1-2-13(16-7-5-15-6-8-16)11-9-10(17(18)19)3-4-12(11)14/h2-4,9,13,15H,1,5-8H2/t13-/m1/s1. The zero-order chi connectivity index (χ0) is 13.8. The summed E-state index contributed by atoms with van der Waals surface area (Å²) < 4.78 is 0. The molecule has 1 aliphatic heterocycles. The molecule has 0 aliphatic carbocycles. The molecule has 0 unspecified atom stereocenters. The molecule has 1 fully saturated rings. The molecule has 6 heteroatoms. The van der Waals surface area contributed by atoms with Gasteiger partial charge in [-0.15, -0.1) is 6.58 Å². The summed E-state index contributed by atoms with van der Waals surface area (Å²) in [6.45, 7) is 7.38. The van der Waals surface area contributed by atoms with Crippen LogP contribution in [-0.2, 0) is 0 Å². The van der Waals surface area contributed by atoms with E-state index in [0.717, 1.165) is 31.7 Å². The number of nitro groups is 1.